The Hall–Kier alpha value is -0.560. The Labute approximate surface area is 97.9 Å². The zero-order valence-electron chi connectivity index (χ0n) is 10.00. The fourth-order valence-electron chi connectivity index (χ4n) is 2.67. The van der Waals surface area contributed by atoms with Gasteiger partial charge in [-0.15, -0.1) is 12.3 Å². The molecule has 3 nitrogen and oxygen atoms in total. The Bertz CT molecular complexity index is 266. The van der Waals surface area contributed by atoms with Crippen LogP contribution in [0.4, 0.5) is 0 Å². The lowest BCUT2D eigenvalue weighted by molar-refractivity contribution is -0.0901. The molecule has 16 heavy (non-hydrogen) atoms. The summed E-state index contributed by atoms with van der Waals surface area (Å²) in [7, 11) is 0. The van der Waals surface area contributed by atoms with Crippen molar-refractivity contribution in [3.8, 4) is 12.3 Å². The molecule has 1 N–H and O–H groups in total. The molecule has 2 aliphatic rings. The Morgan fingerprint density at radius 3 is 3.12 bits per heavy atom. The van der Waals surface area contributed by atoms with Gasteiger partial charge in [0.1, 0.15) is 0 Å². The van der Waals surface area contributed by atoms with Crippen molar-refractivity contribution in [3.63, 3.8) is 0 Å². The largest absolute Gasteiger partial charge is 0.378 e. The van der Waals surface area contributed by atoms with Gasteiger partial charge in [0, 0.05) is 38.1 Å². The quantitative estimate of drug-likeness (QED) is 0.732. The Morgan fingerprint density at radius 1 is 1.56 bits per heavy atom. The van der Waals surface area contributed by atoms with E-state index in [0.717, 1.165) is 45.5 Å². The number of rotatable bonds is 3. The fourth-order valence-corrected chi connectivity index (χ4v) is 2.67. The molecule has 2 heterocycles. The van der Waals surface area contributed by atoms with E-state index < -0.39 is 0 Å². The van der Waals surface area contributed by atoms with Gasteiger partial charge in [-0.3, -0.25) is 0 Å². The van der Waals surface area contributed by atoms with Crippen LogP contribution in [0.1, 0.15) is 32.6 Å². The maximum absolute atomic E-state index is 5.89. The van der Waals surface area contributed by atoms with Crippen molar-refractivity contribution in [2.45, 2.75) is 50.3 Å². The molecule has 90 valence electrons. The van der Waals surface area contributed by atoms with Crippen LogP contribution in [0, 0.1) is 12.3 Å². The van der Waals surface area contributed by atoms with Gasteiger partial charge in [0.05, 0.1) is 12.2 Å². The molecular formula is C13H21NO2. The molecule has 2 aliphatic heterocycles. The first kappa shape index (κ1) is 11.9. The van der Waals surface area contributed by atoms with Crippen molar-refractivity contribution in [3.05, 3.63) is 0 Å². The Balaban J connectivity index is 1.85. The van der Waals surface area contributed by atoms with E-state index in [2.05, 4.69) is 18.2 Å². The first-order chi connectivity index (χ1) is 7.74. The summed E-state index contributed by atoms with van der Waals surface area (Å²) in [6.45, 7) is 4.58. The van der Waals surface area contributed by atoms with Gasteiger partial charge in [-0.1, -0.05) is 0 Å². The first-order valence-electron chi connectivity index (χ1n) is 6.15. The van der Waals surface area contributed by atoms with Gasteiger partial charge in [-0.05, 0) is 19.8 Å². The maximum Gasteiger partial charge on any atom is 0.0951 e. The maximum atomic E-state index is 5.89. The van der Waals surface area contributed by atoms with Crippen LogP contribution in [0.25, 0.3) is 0 Å². The molecule has 1 spiro atoms. The fraction of sp³-hybridized carbons (Fsp3) is 0.846. The molecule has 0 saturated carbocycles. The summed E-state index contributed by atoms with van der Waals surface area (Å²) in [5.41, 5.74) is -0.00815. The lowest BCUT2D eigenvalue weighted by Crippen LogP contribution is -2.49. The highest BCUT2D eigenvalue weighted by Crippen LogP contribution is 2.32. The predicted octanol–water partition coefficient (Wildman–Crippen LogP) is 1.33. The van der Waals surface area contributed by atoms with Crippen LogP contribution in [0.3, 0.4) is 0 Å². The molecule has 0 radical (unpaired) electrons. The smallest absolute Gasteiger partial charge is 0.0951 e. The van der Waals surface area contributed by atoms with Gasteiger partial charge < -0.3 is 14.8 Å². The highest BCUT2D eigenvalue weighted by Gasteiger charge is 2.41. The molecule has 0 aromatic rings. The molecule has 0 bridgehead atoms. The normalized spacial score (nSPS) is 36.1. The molecule has 0 aromatic heterocycles. The van der Waals surface area contributed by atoms with E-state index in [-0.39, 0.29) is 5.60 Å². The van der Waals surface area contributed by atoms with E-state index in [9.17, 15) is 0 Å². The minimum atomic E-state index is -0.00815. The third kappa shape index (κ3) is 2.76. The third-order valence-corrected chi connectivity index (χ3v) is 3.50. The van der Waals surface area contributed by atoms with Crippen LogP contribution in [0.2, 0.25) is 0 Å². The second-order valence-electron chi connectivity index (χ2n) is 5.00. The highest BCUT2D eigenvalue weighted by molar-refractivity contribution is 4.95. The Morgan fingerprint density at radius 2 is 2.44 bits per heavy atom. The summed E-state index contributed by atoms with van der Waals surface area (Å²) in [5.74, 6) is 2.70. The van der Waals surface area contributed by atoms with Gasteiger partial charge >= 0.3 is 0 Å². The van der Waals surface area contributed by atoms with Crippen LogP contribution in [-0.4, -0.2) is 37.5 Å². The second-order valence-corrected chi connectivity index (χ2v) is 5.00. The zero-order valence-corrected chi connectivity index (χ0v) is 10.00. The Kier molecular flexibility index (Phi) is 3.86. The molecule has 3 heteroatoms. The summed E-state index contributed by atoms with van der Waals surface area (Å²) in [6, 6.07) is 0.922. The molecule has 3 unspecified atom stereocenters. The molecule has 2 fully saturated rings. The second kappa shape index (κ2) is 5.18. The molecule has 0 aromatic carbocycles. The lowest BCUT2D eigenvalue weighted by atomic mass is 9.89. The number of nitrogens with one attached hydrogen (secondary N) is 1. The standard InChI is InChI=1S/C13H21NO2/c1-3-4-11(2)14-12-5-7-16-13(9-12)6-8-15-10-13/h1,11-12,14H,4-10H2,2H3. The van der Waals surface area contributed by atoms with Crippen molar-refractivity contribution < 1.29 is 9.47 Å². The number of terminal acetylenes is 1. The van der Waals surface area contributed by atoms with E-state index in [1.54, 1.807) is 0 Å². The predicted molar refractivity (Wildman–Crippen MR) is 63.2 cm³/mol. The van der Waals surface area contributed by atoms with Gasteiger partial charge in [-0.25, -0.2) is 0 Å². The summed E-state index contributed by atoms with van der Waals surface area (Å²) in [4.78, 5) is 0. The molecule has 0 aliphatic carbocycles. The topological polar surface area (TPSA) is 30.5 Å². The van der Waals surface area contributed by atoms with Crippen molar-refractivity contribution >= 4 is 0 Å². The van der Waals surface area contributed by atoms with Crippen LogP contribution >= 0.6 is 0 Å². The van der Waals surface area contributed by atoms with E-state index >= 15 is 0 Å². The van der Waals surface area contributed by atoms with E-state index in [0.29, 0.717) is 12.1 Å². The van der Waals surface area contributed by atoms with Crippen LogP contribution in [0.15, 0.2) is 0 Å². The molecular weight excluding hydrogens is 202 g/mol. The monoisotopic (exact) mass is 223 g/mol. The van der Waals surface area contributed by atoms with E-state index in [4.69, 9.17) is 15.9 Å². The van der Waals surface area contributed by atoms with E-state index in [1.807, 2.05) is 0 Å². The van der Waals surface area contributed by atoms with E-state index in [1.165, 1.54) is 0 Å². The third-order valence-electron chi connectivity index (χ3n) is 3.50. The van der Waals surface area contributed by atoms with Crippen molar-refractivity contribution in [2.24, 2.45) is 0 Å². The summed E-state index contributed by atoms with van der Waals surface area (Å²) in [5, 5.41) is 3.59. The molecule has 2 saturated heterocycles. The van der Waals surface area contributed by atoms with Crippen molar-refractivity contribution in [2.75, 3.05) is 19.8 Å². The number of hydrogen-bond donors (Lipinski definition) is 1. The molecule has 0 amide bonds. The summed E-state index contributed by atoms with van der Waals surface area (Å²) in [6.07, 6.45) is 9.28. The lowest BCUT2D eigenvalue weighted by Gasteiger charge is -2.38. The highest BCUT2D eigenvalue weighted by atomic mass is 16.6. The first-order valence-corrected chi connectivity index (χ1v) is 6.15. The summed E-state index contributed by atoms with van der Waals surface area (Å²) >= 11 is 0. The molecule has 2 rings (SSSR count). The van der Waals surface area contributed by atoms with Crippen molar-refractivity contribution in [1.29, 1.82) is 0 Å². The SMILES string of the molecule is C#CCC(C)NC1CCOC2(CCOC2)C1. The average molecular weight is 223 g/mol. The van der Waals surface area contributed by atoms with Crippen LogP contribution in [-0.2, 0) is 9.47 Å². The minimum absolute atomic E-state index is 0.00815. The van der Waals surface area contributed by atoms with Crippen LogP contribution < -0.4 is 5.32 Å². The average Bonchev–Trinajstić information content (AvgIpc) is 2.66. The van der Waals surface area contributed by atoms with Gasteiger partial charge in [0.2, 0.25) is 0 Å². The zero-order chi connectivity index (χ0) is 11.4. The van der Waals surface area contributed by atoms with Gasteiger partial charge in [0.25, 0.3) is 0 Å². The van der Waals surface area contributed by atoms with Crippen molar-refractivity contribution in [1.82, 2.24) is 5.32 Å². The van der Waals surface area contributed by atoms with Crippen LogP contribution in [0.5, 0.6) is 0 Å². The number of ether oxygens (including phenoxy) is 2. The summed E-state index contributed by atoms with van der Waals surface area (Å²) < 4.78 is 11.3. The minimum Gasteiger partial charge on any atom is -0.378 e. The number of hydrogen-bond acceptors (Lipinski definition) is 3. The molecule has 3 atom stereocenters. The van der Waals surface area contributed by atoms with Gasteiger partial charge in [-0.2, -0.15) is 0 Å². The van der Waals surface area contributed by atoms with Gasteiger partial charge in [0.15, 0.2) is 0 Å².